The monoisotopic (exact) mass is 1320 g/mol. The van der Waals surface area contributed by atoms with Crippen LogP contribution in [0.5, 0.6) is 0 Å². The molecule has 14 N–H and O–H groups in total. The van der Waals surface area contributed by atoms with Crippen molar-refractivity contribution < 1.29 is 143 Å². The Kier molecular flexibility index (Phi) is 19.8. The van der Waals surface area contributed by atoms with Gasteiger partial charge in [0.1, 0.15) is 79.4 Å². The number of esters is 3. The SMILES string of the molecule is CC1O[C@H]2OC3[C@@H](OC[C@H](O)[C@@H]3O)OC(=O)[C@]34CCC(C)(C)C[C@H]3C3=CCC5[C@@]6(C)C[C@H](O)[C@H](O[C@@H]7OC(CO)[C@@H](O)[C@H](O)C7O[C@@H]7OC[C@H](OC(=O)C[C@](C)(O)CC(=O)O[C@@H]1[C@H](O[C@@H]1OC[C@@H](O)[C@H](O)C1O)C2O)[C@H](O)C7O)[C@@](C)(CO)C6CC[C@@]5(C)[C@]3(C)CC4. The fourth-order valence-corrected chi connectivity index (χ4v) is 18.5. The van der Waals surface area contributed by atoms with Gasteiger partial charge in [-0.3, -0.25) is 14.4 Å². The van der Waals surface area contributed by atoms with Gasteiger partial charge in [-0.15, -0.1) is 0 Å². The van der Waals surface area contributed by atoms with E-state index in [4.69, 9.17) is 56.8 Å². The van der Waals surface area contributed by atoms with Gasteiger partial charge in [0.15, 0.2) is 43.5 Å². The highest BCUT2D eigenvalue weighted by atomic mass is 16.8. The summed E-state index contributed by atoms with van der Waals surface area (Å²) in [5.41, 5.74) is -5.49. The average Bonchev–Trinajstić information content (AvgIpc) is 0.674. The molecule has 17 aliphatic rings. The zero-order valence-electron chi connectivity index (χ0n) is 53.4. The molecule has 12 aliphatic heterocycles. The van der Waals surface area contributed by atoms with Crippen molar-refractivity contribution in [2.24, 2.45) is 50.2 Å². The standard InChI is InChI=1S/C63H98O29/c1-26-46-47(88-51-43(76)38(71)30(67)22-81-51)45(78)53(84-26)90-48-39(72)31(68)23-82-54(48)92-56(79)63-15-13-57(2,3)17-28(63)27-9-10-35-59(5)18-29(66)50(60(6,25-65)34(59)11-12-62(35,8)61(27,7)14-16-63)91-55-49(42(75)40(73)32(21-64)86-55)89-52-44(77)41(74)33(24-83-52)85-36(69)19-58(4,80)20-37(70)87-46/h9,26,28-35,38-55,64-68,71-78,80H,10-25H2,1-8H3/t26?,28-,29-,30+,31-,32?,33-,34?,35?,38-,39-,40+,41-,42-,43?,44?,45?,46-,47+,48?,49?,50-,51-,52-,53-,54-,55-,58-,59-,60-,61+,62+,63-/m0/s1. The highest BCUT2D eigenvalue weighted by Crippen LogP contribution is 2.76. The molecule has 12 fully saturated rings. The van der Waals surface area contributed by atoms with Crippen LogP contribution >= 0.6 is 0 Å². The lowest BCUT2D eigenvalue weighted by Crippen LogP contribution is -2.70. The summed E-state index contributed by atoms with van der Waals surface area (Å²) >= 11 is 0. The molecule has 92 heavy (non-hydrogen) atoms. The molecule has 9 unspecified atom stereocenters. The lowest BCUT2D eigenvalue weighted by molar-refractivity contribution is -0.377. The van der Waals surface area contributed by atoms with Crippen molar-refractivity contribution in [3.63, 3.8) is 0 Å². The van der Waals surface area contributed by atoms with Crippen LogP contribution in [0, 0.1) is 50.2 Å². The topological polar surface area (TPSA) is 445 Å². The summed E-state index contributed by atoms with van der Waals surface area (Å²) in [6.45, 7) is 12.2. The molecule has 4 saturated carbocycles. The van der Waals surface area contributed by atoms with Gasteiger partial charge in [-0.1, -0.05) is 53.2 Å². The Bertz CT molecular complexity index is 2700. The van der Waals surface area contributed by atoms with Crippen LogP contribution < -0.4 is 0 Å². The van der Waals surface area contributed by atoms with Crippen molar-refractivity contribution >= 4 is 17.9 Å². The van der Waals surface area contributed by atoms with Crippen LogP contribution in [0.3, 0.4) is 0 Å². The van der Waals surface area contributed by atoms with E-state index >= 15 is 4.79 Å². The van der Waals surface area contributed by atoms with Crippen molar-refractivity contribution in [3.05, 3.63) is 11.6 Å². The molecule has 8 saturated heterocycles. The van der Waals surface area contributed by atoms with Crippen LogP contribution in [0.1, 0.15) is 126 Å². The van der Waals surface area contributed by atoms with Gasteiger partial charge in [-0.2, -0.15) is 0 Å². The van der Waals surface area contributed by atoms with Crippen molar-refractivity contribution in [1.82, 2.24) is 0 Å². The Morgan fingerprint density at radius 2 is 1.21 bits per heavy atom. The third-order valence-electron chi connectivity index (χ3n) is 24.0. The van der Waals surface area contributed by atoms with Crippen molar-refractivity contribution in [3.8, 4) is 0 Å². The van der Waals surface area contributed by atoms with Crippen molar-refractivity contribution in [2.75, 3.05) is 33.0 Å². The summed E-state index contributed by atoms with van der Waals surface area (Å²) < 4.78 is 72.3. The maximum absolute atomic E-state index is 15.6. The molecule has 17 rings (SSSR count). The van der Waals surface area contributed by atoms with E-state index in [1.807, 2.05) is 6.92 Å². The van der Waals surface area contributed by atoms with Crippen LogP contribution in [0.25, 0.3) is 0 Å². The first kappa shape index (κ1) is 70.5. The summed E-state index contributed by atoms with van der Waals surface area (Å²) in [5, 5.41) is 159. The van der Waals surface area contributed by atoms with Gasteiger partial charge in [0.05, 0.1) is 75.2 Å². The number of aliphatic hydroxyl groups excluding tert-OH is 13. The Morgan fingerprint density at radius 1 is 0.565 bits per heavy atom. The molecular formula is C63H98O29. The van der Waals surface area contributed by atoms with Crippen LogP contribution in [0.4, 0.5) is 0 Å². The quantitative estimate of drug-likeness (QED) is 0.0590. The Balaban J connectivity index is 0.951. The largest absolute Gasteiger partial charge is 0.457 e. The molecule has 1 spiro atoms. The lowest BCUT2D eigenvalue weighted by atomic mass is 9.33. The number of carbonyl (C=O) groups excluding carboxylic acids is 3. The van der Waals surface area contributed by atoms with E-state index in [-0.39, 0.29) is 29.6 Å². The average molecular weight is 1320 g/mol. The number of allylic oxidation sites excluding steroid dienone is 2. The fourth-order valence-electron chi connectivity index (χ4n) is 18.5. The third-order valence-corrected chi connectivity index (χ3v) is 24.0. The van der Waals surface area contributed by atoms with Crippen LogP contribution in [-0.2, 0) is 71.2 Å². The summed E-state index contributed by atoms with van der Waals surface area (Å²) in [7, 11) is 0. The van der Waals surface area contributed by atoms with E-state index in [2.05, 4.69) is 40.7 Å². The Hall–Kier alpha value is -2.77. The predicted molar refractivity (Wildman–Crippen MR) is 306 cm³/mol. The Morgan fingerprint density at radius 3 is 1.90 bits per heavy atom. The first-order chi connectivity index (χ1) is 43.1. The molecule has 29 heteroatoms. The van der Waals surface area contributed by atoms with E-state index in [0.29, 0.717) is 51.4 Å². The summed E-state index contributed by atoms with van der Waals surface area (Å²) in [4.78, 5) is 43.1. The smallest absolute Gasteiger partial charge is 0.315 e. The molecule has 0 aromatic heterocycles. The molecule has 29 nitrogen and oxygen atoms in total. The second kappa shape index (κ2) is 25.8. The molecular weight excluding hydrogens is 1220 g/mol. The normalized spacial score (nSPS) is 54.4. The lowest BCUT2D eigenvalue weighted by Gasteiger charge is -2.72. The predicted octanol–water partition coefficient (Wildman–Crippen LogP) is -2.68. The van der Waals surface area contributed by atoms with Crippen LogP contribution in [0.15, 0.2) is 11.6 Å². The molecule has 12 bridgehead atoms. The van der Waals surface area contributed by atoms with E-state index in [0.717, 1.165) is 12.5 Å². The van der Waals surface area contributed by atoms with Crippen molar-refractivity contribution in [2.45, 2.75) is 279 Å². The van der Waals surface area contributed by atoms with E-state index < -0.39 is 244 Å². The number of hydrogen-bond donors (Lipinski definition) is 14. The second-order valence-corrected chi connectivity index (χ2v) is 30.5. The van der Waals surface area contributed by atoms with Gasteiger partial charge in [0.25, 0.3) is 0 Å². The minimum atomic E-state index is -2.29. The van der Waals surface area contributed by atoms with Gasteiger partial charge in [-0.05, 0) is 111 Å². The zero-order chi connectivity index (χ0) is 66.9. The van der Waals surface area contributed by atoms with Gasteiger partial charge < -0.3 is 128 Å². The molecule has 5 aliphatic carbocycles. The molecule has 0 aromatic rings. The zero-order valence-corrected chi connectivity index (χ0v) is 53.4. The first-order valence-corrected chi connectivity index (χ1v) is 32.6. The fraction of sp³-hybridized carbons (Fsp3) is 0.921. The molecule has 0 amide bonds. The van der Waals surface area contributed by atoms with Gasteiger partial charge in [-0.25, -0.2) is 0 Å². The summed E-state index contributed by atoms with van der Waals surface area (Å²) in [6, 6.07) is 0. The minimum absolute atomic E-state index is 0.109. The summed E-state index contributed by atoms with van der Waals surface area (Å²) in [6.07, 6.45) is -36.9. The Labute approximate surface area is 533 Å². The highest BCUT2D eigenvalue weighted by molar-refractivity contribution is 5.79. The van der Waals surface area contributed by atoms with E-state index in [1.165, 1.54) is 6.92 Å². The third kappa shape index (κ3) is 12.1. The van der Waals surface area contributed by atoms with Gasteiger partial charge in [0.2, 0.25) is 6.29 Å². The number of ether oxygens (including phenoxy) is 12. The number of rotatable bonds is 4. The minimum Gasteiger partial charge on any atom is -0.457 e. The maximum Gasteiger partial charge on any atom is 0.315 e. The highest BCUT2D eigenvalue weighted by Gasteiger charge is 2.72. The molecule has 0 radical (unpaired) electrons. The molecule has 524 valence electrons. The molecule has 0 aromatic carbocycles. The van der Waals surface area contributed by atoms with E-state index in [9.17, 15) is 81.1 Å². The van der Waals surface area contributed by atoms with Gasteiger partial charge in [0, 0.05) is 5.41 Å². The van der Waals surface area contributed by atoms with Crippen LogP contribution in [0.2, 0.25) is 0 Å². The molecule has 33 atom stereocenters. The van der Waals surface area contributed by atoms with Crippen molar-refractivity contribution in [1.29, 1.82) is 0 Å². The molecule has 12 heterocycles. The number of aliphatic hydroxyl groups is 14. The van der Waals surface area contributed by atoms with Crippen LogP contribution in [-0.4, -0.2) is 275 Å². The number of carbonyl (C=O) groups is 3. The second-order valence-electron chi connectivity index (χ2n) is 30.5. The van der Waals surface area contributed by atoms with E-state index in [1.54, 1.807) is 0 Å². The first-order valence-electron chi connectivity index (χ1n) is 32.6. The maximum atomic E-state index is 15.6. The number of hydrogen-bond acceptors (Lipinski definition) is 29. The summed E-state index contributed by atoms with van der Waals surface area (Å²) in [5.74, 6) is -3.90. The van der Waals surface area contributed by atoms with Gasteiger partial charge >= 0.3 is 17.9 Å².